The number of aromatic hydroxyl groups is 1. The number of hydrogen-bond donors (Lipinski definition) is 1. The van der Waals surface area contributed by atoms with E-state index in [1.54, 1.807) is 6.92 Å². The predicted octanol–water partition coefficient (Wildman–Crippen LogP) is 1.72. The van der Waals surface area contributed by atoms with Gasteiger partial charge in [0.25, 0.3) is 0 Å². The van der Waals surface area contributed by atoms with Crippen LogP contribution in [-0.2, 0) is 16.9 Å². The first-order chi connectivity index (χ1) is 9.62. The van der Waals surface area contributed by atoms with E-state index in [1.807, 2.05) is 0 Å². The number of aromatic nitrogens is 2. The Labute approximate surface area is 126 Å². The molecule has 0 fully saturated rings. The van der Waals surface area contributed by atoms with Gasteiger partial charge in [0, 0.05) is 23.9 Å². The summed E-state index contributed by atoms with van der Waals surface area (Å²) < 4.78 is 24.8. The highest BCUT2D eigenvalue weighted by molar-refractivity contribution is 7.90. The second kappa shape index (κ2) is 5.16. The van der Waals surface area contributed by atoms with Crippen LogP contribution in [0.3, 0.4) is 0 Å². The molecule has 0 radical (unpaired) electrons. The zero-order valence-electron chi connectivity index (χ0n) is 11.6. The summed E-state index contributed by atoms with van der Waals surface area (Å²) in [5.41, 5.74) is 0.243. The molecule has 0 aliphatic carbocycles. The first kappa shape index (κ1) is 15.5. The van der Waals surface area contributed by atoms with E-state index in [-0.39, 0.29) is 26.9 Å². The average molecular weight is 329 g/mol. The molecule has 0 unspecified atom stereocenters. The number of benzene rings is 1. The molecule has 0 saturated heterocycles. The van der Waals surface area contributed by atoms with E-state index < -0.39 is 15.6 Å². The fraction of sp³-hybridized carbons (Fsp3) is 0.231. The first-order valence-corrected chi connectivity index (χ1v) is 8.16. The molecule has 0 atom stereocenters. The molecule has 112 valence electrons. The van der Waals surface area contributed by atoms with Gasteiger partial charge in [-0.1, -0.05) is 11.6 Å². The van der Waals surface area contributed by atoms with Crippen molar-refractivity contribution in [1.82, 2.24) is 9.78 Å². The summed E-state index contributed by atoms with van der Waals surface area (Å²) in [6, 6.07) is 3.96. The smallest absolute Gasteiger partial charge is 0.220 e. The minimum atomic E-state index is -3.64. The van der Waals surface area contributed by atoms with Crippen molar-refractivity contribution in [3.8, 4) is 5.88 Å². The summed E-state index contributed by atoms with van der Waals surface area (Å²) in [7, 11) is -2.16. The van der Waals surface area contributed by atoms with Crippen molar-refractivity contribution in [3.63, 3.8) is 0 Å². The number of rotatable bonds is 3. The van der Waals surface area contributed by atoms with Crippen LogP contribution in [0.25, 0.3) is 0 Å². The van der Waals surface area contributed by atoms with Gasteiger partial charge in [0.05, 0.1) is 10.6 Å². The van der Waals surface area contributed by atoms with Crippen molar-refractivity contribution in [2.24, 2.45) is 7.05 Å². The minimum absolute atomic E-state index is 0.0234. The van der Waals surface area contributed by atoms with Crippen molar-refractivity contribution in [3.05, 3.63) is 40.0 Å². The number of nitrogens with zero attached hydrogens (tertiary/aromatic N) is 2. The van der Waals surface area contributed by atoms with E-state index >= 15 is 0 Å². The lowest BCUT2D eigenvalue weighted by molar-refractivity contribution is 0.103. The third kappa shape index (κ3) is 2.79. The van der Waals surface area contributed by atoms with Gasteiger partial charge in [-0.25, -0.2) is 13.1 Å². The number of aryl methyl sites for hydroxylation is 2. The van der Waals surface area contributed by atoms with Crippen molar-refractivity contribution >= 4 is 27.2 Å². The number of halogens is 1. The zero-order valence-corrected chi connectivity index (χ0v) is 13.2. The molecule has 21 heavy (non-hydrogen) atoms. The lowest BCUT2D eigenvalue weighted by atomic mass is 10.0. The Morgan fingerprint density at radius 3 is 2.48 bits per heavy atom. The van der Waals surface area contributed by atoms with Crippen LogP contribution >= 0.6 is 11.6 Å². The Bertz CT molecular complexity index is 840. The van der Waals surface area contributed by atoms with Crippen LogP contribution in [0, 0.1) is 6.92 Å². The minimum Gasteiger partial charge on any atom is -0.493 e. The van der Waals surface area contributed by atoms with Crippen LogP contribution in [-0.4, -0.2) is 35.3 Å². The van der Waals surface area contributed by atoms with Gasteiger partial charge < -0.3 is 5.11 Å². The van der Waals surface area contributed by atoms with E-state index in [0.717, 1.165) is 10.9 Å². The average Bonchev–Trinajstić information content (AvgIpc) is 2.61. The molecule has 1 aromatic heterocycles. The molecule has 2 aromatic rings. The van der Waals surface area contributed by atoms with Crippen molar-refractivity contribution in [2.45, 2.75) is 11.8 Å². The summed E-state index contributed by atoms with van der Waals surface area (Å²) >= 11 is 5.80. The molecular formula is C13H13ClN2O4S. The molecule has 0 amide bonds. The second-order valence-corrected chi connectivity index (χ2v) is 7.07. The molecular weight excluding hydrogens is 316 g/mol. The predicted molar refractivity (Wildman–Crippen MR) is 77.6 cm³/mol. The van der Waals surface area contributed by atoms with Crippen molar-refractivity contribution in [2.75, 3.05) is 6.26 Å². The van der Waals surface area contributed by atoms with E-state index in [1.165, 1.54) is 25.2 Å². The third-order valence-corrected chi connectivity index (χ3v) is 4.38. The molecule has 0 spiro atoms. The van der Waals surface area contributed by atoms with Gasteiger partial charge in [-0.3, -0.25) is 4.79 Å². The number of carbonyl (C=O) groups excluding carboxylic acids is 1. The van der Waals surface area contributed by atoms with Crippen LogP contribution in [0.4, 0.5) is 0 Å². The third-order valence-electron chi connectivity index (χ3n) is 3.01. The normalized spacial score (nSPS) is 11.6. The molecule has 1 aromatic carbocycles. The maximum atomic E-state index is 12.6. The van der Waals surface area contributed by atoms with Gasteiger partial charge >= 0.3 is 0 Å². The fourth-order valence-electron chi connectivity index (χ4n) is 2.04. The Kier molecular flexibility index (Phi) is 3.81. The van der Waals surface area contributed by atoms with E-state index in [0.29, 0.717) is 5.69 Å². The van der Waals surface area contributed by atoms with Gasteiger partial charge in [0.1, 0.15) is 5.56 Å². The summed E-state index contributed by atoms with van der Waals surface area (Å²) in [5, 5.41) is 14.0. The number of ketones is 1. The Balaban J connectivity index is 2.70. The van der Waals surface area contributed by atoms with Crippen LogP contribution in [0.15, 0.2) is 23.1 Å². The molecule has 1 heterocycles. The van der Waals surface area contributed by atoms with Crippen LogP contribution in [0.1, 0.15) is 21.6 Å². The van der Waals surface area contributed by atoms with Gasteiger partial charge in [0.15, 0.2) is 9.84 Å². The number of carbonyl (C=O) groups is 1. The Morgan fingerprint density at radius 2 is 2.00 bits per heavy atom. The summed E-state index contributed by atoms with van der Waals surface area (Å²) in [4.78, 5) is 12.4. The maximum absolute atomic E-state index is 12.6. The molecule has 2 rings (SSSR count). The molecule has 8 heteroatoms. The van der Waals surface area contributed by atoms with Gasteiger partial charge in [-0.05, 0) is 25.1 Å². The van der Waals surface area contributed by atoms with Crippen LogP contribution in [0.2, 0.25) is 5.02 Å². The van der Waals surface area contributed by atoms with Gasteiger partial charge in [-0.2, -0.15) is 5.10 Å². The summed E-state index contributed by atoms with van der Waals surface area (Å²) in [5.74, 6) is -0.929. The highest BCUT2D eigenvalue weighted by Crippen LogP contribution is 2.28. The molecule has 1 N–H and O–H groups in total. The SMILES string of the molecule is Cc1nn(C)c(O)c1C(=O)c1ccc(Cl)cc1S(C)(=O)=O. The van der Waals surface area contributed by atoms with Gasteiger partial charge in [0.2, 0.25) is 11.7 Å². The van der Waals surface area contributed by atoms with E-state index in [4.69, 9.17) is 11.6 Å². The summed E-state index contributed by atoms with van der Waals surface area (Å²) in [6.07, 6.45) is 0.991. The zero-order chi connectivity index (χ0) is 15.9. The van der Waals surface area contributed by atoms with Crippen molar-refractivity contribution in [1.29, 1.82) is 0 Å². The Morgan fingerprint density at radius 1 is 1.38 bits per heavy atom. The first-order valence-electron chi connectivity index (χ1n) is 5.89. The molecule has 0 aliphatic heterocycles. The van der Waals surface area contributed by atoms with Crippen LogP contribution in [0.5, 0.6) is 5.88 Å². The molecule has 0 bridgehead atoms. The highest BCUT2D eigenvalue weighted by Gasteiger charge is 2.26. The Hall–Kier alpha value is -1.86. The summed E-state index contributed by atoms with van der Waals surface area (Å²) in [6.45, 7) is 1.56. The molecule has 0 aliphatic rings. The fourth-order valence-corrected chi connectivity index (χ4v) is 3.18. The van der Waals surface area contributed by atoms with E-state index in [2.05, 4.69) is 5.10 Å². The lowest BCUT2D eigenvalue weighted by Gasteiger charge is -2.07. The number of hydrogen-bond acceptors (Lipinski definition) is 5. The maximum Gasteiger partial charge on any atom is 0.220 e. The van der Waals surface area contributed by atoms with Gasteiger partial charge in [-0.15, -0.1) is 0 Å². The van der Waals surface area contributed by atoms with Crippen LogP contribution < -0.4 is 0 Å². The lowest BCUT2D eigenvalue weighted by Crippen LogP contribution is -2.10. The topological polar surface area (TPSA) is 89.3 Å². The second-order valence-electron chi connectivity index (χ2n) is 4.65. The van der Waals surface area contributed by atoms with E-state index in [9.17, 15) is 18.3 Å². The molecule has 0 saturated carbocycles. The highest BCUT2D eigenvalue weighted by atomic mass is 35.5. The standard InChI is InChI=1S/C13H13ClN2O4S/c1-7-11(13(18)16(2)15-7)12(17)9-5-4-8(14)6-10(9)21(3,19)20/h4-6,18H,1-3H3. The van der Waals surface area contributed by atoms with Crippen molar-refractivity contribution < 1.29 is 18.3 Å². The monoisotopic (exact) mass is 328 g/mol. The quantitative estimate of drug-likeness (QED) is 0.866. The number of sulfone groups is 1. The largest absolute Gasteiger partial charge is 0.493 e. The molecule has 6 nitrogen and oxygen atoms in total.